The number of nitrogens with zero attached hydrogens (tertiary/aromatic N) is 1. The third-order valence-corrected chi connectivity index (χ3v) is 3.42. The average molecular weight is 264 g/mol. The molecule has 0 bridgehead atoms. The Morgan fingerprint density at radius 2 is 1.79 bits per heavy atom. The SMILES string of the molecule is COc1c(C)c(C)cc(C)c1CN(C)CC(C)(C)N. The molecule has 0 aliphatic carbocycles. The summed E-state index contributed by atoms with van der Waals surface area (Å²) in [6.45, 7) is 12.2. The number of rotatable bonds is 5. The lowest BCUT2D eigenvalue weighted by Crippen LogP contribution is -2.43. The highest BCUT2D eigenvalue weighted by molar-refractivity contribution is 5.49. The summed E-state index contributed by atoms with van der Waals surface area (Å²) in [6.07, 6.45) is 0. The quantitative estimate of drug-likeness (QED) is 0.888. The van der Waals surface area contributed by atoms with Crippen molar-refractivity contribution in [3.8, 4) is 5.75 Å². The van der Waals surface area contributed by atoms with Crippen molar-refractivity contribution in [1.82, 2.24) is 4.90 Å². The molecular formula is C16H28N2O. The molecule has 0 saturated heterocycles. The van der Waals surface area contributed by atoms with Crippen LogP contribution in [0.2, 0.25) is 0 Å². The lowest BCUT2D eigenvalue weighted by molar-refractivity contribution is 0.258. The zero-order chi connectivity index (χ0) is 14.8. The molecule has 2 N–H and O–H groups in total. The van der Waals surface area contributed by atoms with E-state index in [-0.39, 0.29) is 5.54 Å². The van der Waals surface area contributed by atoms with Crippen LogP contribution in [0.3, 0.4) is 0 Å². The fraction of sp³-hybridized carbons (Fsp3) is 0.625. The van der Waals surface area contributed by atoms with Crippen LogP contribution in [0.5, 0.6) is 5.75 Å². The first-order valence-electron chi connectivity index (χ1n) is 6.77. The van der Waals surface area contributed by atoms with E-state index in [1.807, 2.05) is 13.8 Å². The second-order valence-electron chi connectivity index (χ2n) is 6.31. The Balaban J connectivity index is 3.04. The highest BCUT2D eigenvalue weighted by atomic mass is 16.5. The molecule has 0 aromatic heterocycles. The Kier molecular flexibility index (Phi) is 4.99. The van der Waals surface area contributed by atoms with Crippen LogP contribution in [-0.4, -0.2) is 31.1 Å². The number of likely N-dealkylation sites (N-methyl/N-ethyl adjacent to an activating group) is 1. The lowest BCUT2D eigenvalue weighted by Gasteiger charge is -2.28. The van der Waals surface area contributed by atoms with Gasteiger partial charge >= 0.3 is 0 Å². The number of benzene rings is 1. The van der Waals surface area contributed by atoms with E-state index in [9.17, 15) is 0 Å². The van der Waals surface area contributed by atoms with Gasteiger partial charge < -0.3 is 15.4 Å². The maximum absolute atomic E-state index is 6.08. The minimum absolute atomic E-state index is 0.185. The van der Waals surface area contributed by atoms with Crippen LogP contribution in [0.4, 0.5) is 0 Å². The number of hydrogen-bond donors (Lipinski definition) is 1. The van der Waals surface area contributed by atoms with Gasteiger partial charge in [0.15, 0.2) is 0 Å². The number of methoxy groups -OCH3 is 1. The van der Waals surface area contributed by atoms with Gasteiger partial charge in [-0.05, 0) is 58.4 Å². The summed E-state index contributed by atoms with van der Waals surface area (Å²) in [7, 11) is 3.85. The van der Waals surface area contributed by atoms with Crippen molar-refractivity contribution in [1.29, 1.82) is 0 Å². The monoisotopic (exact) mass is 264 g/mol. The van der Waals surface area contributed by atoms with Crippen molar-refractivity contribution < 1.29 is 4.74 Å². The van der Waals surface area contributed by atoms with Crippen molar-refractivity contribution in [2.24, 2.45) is 5.73 Å². The number of ether oxygens (including phenoxy) is 1. The second kappa shape index (κ2) is 5.93. The summed E-state index contributed by atoms with van der Waals surface area (Å²) in [5.41, 5.74) is 10.9. The smallest absolute Gasteiger partial charge is 0.126 e. The van der Waals surface area contributed by atoms with E-state index >= 15 is 0 Å². The molecule has 1 aromatic rings. The lowest BCUT2D eigenvalue weighted by atomic mass is 9.98. The first kappa shape index (κ1) is 16.0. The summed E-state index contributed by atoms with van der Waals surface area (Å²) in [4.78, 5) is 2.25. The molecule has 0 radical (unpaired) electrons. The minimum Gasteiger partial charge on any atom is -0.496 e. The van der Waals surface area contributed by atoms with E-state index in [4.69, 9.17) is 10.5 Å². The van der Waals surface area contributed by atoms with Gasteiger partial charge in [0, 0.05) is 24.2 Å². The molecule has 0 aliphatic rings. The van der Waals surface area contributed by atoms with E-state index in [1.54, 1.807) is 7.11 Å². The first-order valence-corrected chi connectivity index (χ1v) is 6.77. The van der Waals surface area contributed by atoms with Gasteiger partial charge in [0.05, 0.1) is 7.11 Å². The first-order chi connectivity index (χ1) is 8.65. The molecule has 0 unspecified atom stereocenters. The maximum Gasteiger partial charge on any atom is 0.126 e. The van der Waals surface area contributed by atoms with Gasteiger partial charge in [0.1, 0.15) is 5.75 Å². The van der Waals surface area contributed by atoms with Crippen molar-refractivity contribution in [3.05, 3.63) is 28.3 Å². The van der Waals surface area contributed by atoms with E-state index in [2.05, 4.69) is 38.8 Å². The summed E-state index contributed by atoms with van der Waals surface area (Å²) in [5, 5.41) is 0. The summed E-state index contributed by atoms with van der Waals surface area (Å²) in [6, 6.07) is 2.23. The summed E-state index contributed by atoms with van der Waals surface area (Å²) >= 11 is 0. The van der Waals surface area contributed by atoms with Crippen molar-refractivity contribution in [2.75, 3.05) is 20.7 Å². The van der Waals surface area contributed by atoms with E-state index in [1.165, 1.54) is 22.3 Å². The molecule has 1 aromatic carbocycles. The molecule has 3 nitrogen and oxygen atoms in total. The van der Waals surface area contributed by atoms with E-state index < -0.39 is 0 Å². The molecule has 0 atom stereocenters. The van der Waals surface area contributed by atoms with Crippen LogP contribution >= 0.6 is 0 Å². The standard InChI is InChI=1S/C16H28N2O/c1-11-8-12(2)14(15(19-7)13(11)3)9-18(6)10-16(4,5)17/h8H,9-10,17H2,1-7H3. The van der Waals surface area contributed by atoms with Crippen molar-refractivity contribution in [2.45, 2.75) is 46.7 Å². The van der Waals surface area contributed by atoms with E-state index in [0.717, 1.165) is 18.8 Å². The van der Waals surface area contributed by atoms with Gasteiger partial charge in [-0.2, -0.15) is 0 Å². The van der Waals surface area contributed by atoms with Crippen molar-refractivity contribution >= 4 is 0 Å². The largest absolute Gasteiger partial charge is 0.496 e. The maximum atomic E-state index is 6.08. The highest BCUT2D eigenvalue weighted by Gasteiger charge is 2.18. The fourth-order valence-electron chi connectivity index (χ4n) is 2.60. The van der Waals surface area contributed by atoms with Crippen LogP contribution in [0.1, 0.15) is 36.1 Å². The van der Waals surface area contributed by atoms with Crippen LogP contribution in [-0.2, 0) is 6.54 Å². The Bertz CT molecular complexity index is 447. The molecule has 0 fully saturated rings. The predicted molar refractivity (Wildman–Crippen MR) is 81.8 cm³/mol. The number of nitrogens with two attached hydrogens (primary N) is 1. The normalized spacial score (nSPS) is 12.1. The highest BCUT2D eigenvalue weighted by Crippen LogP contribution is 2.30. The van der Waals surface area contributed by atoms with Gasteiger partial charge in [-0.1, -0.05) is 6.07 Å². The van der Waals surface area contributed by atoms with Crippen molar-refractivity contribution in [3.63, 3.8) is 0 Å². The van der Waals surface area contributed by atoms with Crippen LogP contribution in [0.15, 0.2) is 6.07 Å². The average Bonchev–Trinajstić information content (AvgIpc) is 2.23. The number of aryl methyl sites for hydroxylation is 2. The summed E-state index contributed by atoms with van der Waals surface area (Å²) < 4.78 is 5.61. The molecule has 108 valence electrons. The number of hydrogen-bond acceptors (Lipinski definition) is 3. The van der Waals surface area contributed by atoms with Gasteiger partial charge in [0.25, 0.3) is 0 Å². The van der Waals surface area contributed by atoms with Gasteiger partial charge in [-0.3, -0.25) is 0 Å². The van der Waals surface area contributed by atoms with Gasteiger partial charge in [-0.15, -0.1) is 0 Å². The molecule has 0 amide bonds. The molecule has 0 aliphatic heterocycles. The van der Waals surface area contributed by atoms with Gasteiger partial charge in [-0.25, -0.2) is 0 Å². The zero-order valence-electron chi connectivity index (χ0n) is 13.4. The molecule has 3 heteroatoms. The molecule has 0 heterocycles. The fourth-order valence-corrected chi connectivity index (χ4v) is 2.60. The molecule has 0 saturated carbocycles. The minimum atomic E-state index is -0.185. The second-order valence-corrected chi connectivity index (χ2v) is 6.31. The Hall–Kier alpha value is -1.06. The van der Waals surface area contributed by atoms with Crippen LogP contribution < -0.4 is 10.5 Å². The Morgan fingerprint density at radius 3 is 2.26 bits per heavy atom. The molecular weight excluding hydrogens is 236 g/mol. The third-order valence-electron chi connectivity index (χ3n) is 3.42. The third kappa shape index (κ3) is 4.22. The molecule has 0 spiro atoms. The summed E-state index contributed by atoms with van der Waals surface area (Å²) in [5.74, 6) is 1.01. The topological polar surface area (TPSA) is 38.5 Å². The van der Waals surface area contributed by atoms with E-state index in [0.29, 0.717) is 0 Å². The Labute approximate surface area is 117 Å². The Morgan fingerprint density at radius 1 is 1.21 bits per heavy atom. The predicted octanol–water partition coefficient (Wildman–Crippen LogP) is 2.79. The zero-order valence-corrected chi connectivity index (χ0v) is 13.4. The van der Waals surface area contributed by atoms with Gasteiger partial charge in [0.2, 0.25) is 0 Å². The molecule has 19 heavy (non-hydrogen) atoms. The van der Waals surface area contributed by atoms with Crippen LogP contribution in [0, 0.1) is 20.8 Å². The molecule has 1 rings (SSSR count). The van der Waals surface area contributed by atoms with Crippen LogP contribution in [0.25, 0.3) is 0 Å².